The first-order chi connectivity index (χ1) is 9.77. The number of nitrogens with zero attached hydrogens (tertiary/aromatic N) is 1. The number of halogens is 1. The molecule has 120 valence electrons. The summed E-state index contributed by atoms with van der Waals surface area (Å²) in [4.78, 5) is 1.61. The van der Waals surface area contributed by atoms with Crippen LogP contribution < -0.4 is 10.6 Å². The van der Waals surface area contributed by atoms with Crippen molar-refractivity contribution in [3.8, 4) is 0 Å². The fourth-order valence-electron chi connectivity index (χ4n) is 1.81. The standard InChI is InChI=1S/C13H21ClN2O5/c1-16(7-2-3-9(15)8(14)4-7)5-10(18)12(20)13(21)11(19)6-17/h2-4,10-13,17-21H,5-6,15H2,1H3. The molecule has 0 radical (unpaired) electrons. The number of rotatable bonds is 7. The van der Waals surface area contributed by atoms with E-state index in [0.29, 0.717) is 16.4 Å². The molecule has 1 aromatic rings. The molecule has 7 nitrogen and oxygen atoms in total. The molecule has 0 aliphatic carbocycles. The van der Waals surface area contributed by atoms with Crippen molar-refractivity contribution in [2.45, 2.75) is 24.4 Å². The normalized spacial score (nSPS) is 17.1. The third kappa shape index (κ3) is 4.70. The summed E-state index contributed by atoms with van der Waals surface area (Å²) in [6.07, 6.45) is -6.10. The minimum absolute atomic E-state index is 0.0172. The molecule has 21 heavy (non-hydrogen) atoms. The van der Waals surface area contributed by atoms with Crippen LogP contribution in [-0.4, -0.2) is 70.1 Å². The molecule has 0 saturated heterocycles. The average Bonchev–Trinajstić information content (AvgIpc) is 2.47. The number of hydrogen-bond donors (Lipinski definition) is 6. The first-order valence-electron chi connectivity index (χ1n) is 6.37. The molecule has 0 aliphatic heterocycles. The molecule has 0 heterocycles. The molecule has 0 amide bonds. The molecule has 1 aromatic carbocycles. The first kappa shape index (κ1) is 18.0. The summed E-state index contributed by atoms with van der Waals surface area (Å²) < 4.78 is 0. The second-order valence-corrected chi connectivity index (χ2v) is 5.29. The van der Waals surface area contributed by atoms with E-state index in [1.807, 2.05) is 0 Å². The maximum atomic E-state index is 9.89. The molecule has 4 atom stereocenters. The van der Waals surface area contributed by atoms with Crippen LogP contribution in [-0.2, 0) is 0 Å². The number of aliphatic hydroxyl groups is 5. The van der Waals surface area contributed by atoms with Gasteiger partial charge in [0.1, 0.15) is 18.3 Å². The minimum Gasteiger partial charge on any atom is -0.398 e. The average molecular weight is 321 g/mol. The van der Waals surface area contributed by atoms with Crippen LogP contribution in [0.15, 0.2) is 18.2 Å². The van der Waals surface area contributed by atoms with E-state index < -0.39 is 31.0 Å². The van der Waals surface area contributed by atoms with Crippen LogP contribution in [0.2, 0.25) is 5.02 Å². The van der Waals surface area contributed by atoms with Crippen LogP contribution in [0, 0.1) is 0 Å². The van der Waals surface area contributed by atoms with Gasteiger partial charge in [0.15, 0.2) is 0 Å². The highest BCUT2D eigenvalue weighted by Crippen LogP contribution is 2.25. The smallest absolute Gasteiger partial charge is 0.111 e. The second-order valence-electron chi connectivity index (χ2n) is 4.88. The summed E-state index contributed by atoms with van der Waals surface area (Å²) in [6.45, 7) is -0.731. The largest absolute Gasteiger partial charge is 0.398 e. The molecule has 7 N–H and O–H groups in total. The van der Waals surface area contributed by atoms with Gasteiger partial charge >= 0.3 is 0 Å². The zero-order valence-electron chi connectivity index (χ0n) is 11.6. The maximum absolute atomic E-state index is 9.89. The van der Waals surface area contributed by atoms with Gasteiger partial charge in [-0.05, 0) is 18.2 Å². The predicted molar refractivity (Wildman–Crippen MR) is 80.2 cm³/mol. The SMILES string of the molecule is CN(CC(O)C(O)C(O)C(O)CO)c1ccc(N)c(Cl)c1. The fourth-order valence-corrected chi connectivity index (χ4v) is 1.99. The highest BCUT2D eigenvalue weighted by atomic mass is 35.5. The number of hydrogen-bond acceptors (Lipinski definition) is 7. The number of benzene rings is 1. The molecule has 4 unspecified atom stereocenters. The Bertz CT molecular complexity index is 462. The van der Waals surface area contributed by atoms with Crippen molar-refractivity contribution in [3.63, 3.8) is 0 Å². The van der Waals surface area contributed by atoms with Crippen LogP contribution in [0.5, 0.6) is 0 Å². The van der Waals surface area contributed by atoms with Crippen molar-refractivity contribution >= 4 is 23.0 Å². The lowest BCUT2D eigenvalue weighted by Crippen LogP contribution is -2.49. The van der Waals surface area contributed by atoms with Crippen molar-refractivity contribution in [2.75, 3.05) is 30.8 Å². The zero-order chi connectivity index (χ0) is 16.2. The van der Waals surface area contributed by atoms with E-state index in [1.54, 1.807) is 30.1 Å². The van der Waals surface area contributed by atoms with Crippen molar-refractivity contribution in [3.05, 3.63) is 23.2 Å². The Morgan fingerprint density at radius 3 is 2.24 bits per heavy atom. The lowest BCUT2D eigenvalue weighted by atomic mass is 10.0. The number of anilines is 2. The Morgan fingerprint density at radius 1 is 1.14 bits per heavy atom. The van der Waals surface area contributed by atoms with Crippen molar-refractivity contribution in [2.24, 2.45) is 0 Å². The summed E-state index contributed by atoms with van der Waals surface area (Å²) in [5, 5.41) is 47.5. The van der Waals surface area contributed by atoms with E-state index in [0.717, 1.165) is 0 Å². The van der Waals surface area contributed by atoms with Crippen LogP contribution >= 0.6 is 11.6 Å². The van der Waals surface area contributed by atoms with Crippen molar-refractivity contribution in [1.29, 1.82) is 0 Å². The molecule has 1 rings (SSSR count). The van der Waals surface area contributed by atoms with Gasteiger partial charge in [0.2, 0.25) is 0 Å². The Labute approximate surface area is 127 Å². The summed E-state index contributed by atoms with van der Waals surface area (Å²) >= 11 is 5.90. The van der Waals surface area contributed by atoms with E-state index in [-0.39, 0.29) is 6.54 Å². The van der Waals surface area contributed by atoms with Crippen molar-refractivity contribution in [1.82, 2.24) is 0 Å². The maximum Gasteiger partial charge on any atom is 0.111 e. The lowest BCUT2D eigenvalue weighted by molar-refractivity contribution is -0.112. The molecule has 0 saturated carbocycles. The van der Waals surface area contributed by atoms with Gasteiger partial charge in [-0.25, -0.2) is 0 Å². The summed E-state index contributed by atoms with van der Waals surface area (Å²) in [7, 11) is 1.66. The second kappa shape index (κ2) is 7.79. The van der Waals surface area contributed by atoms with Crippen LogP contribution in [0.4, 0.5) is 11.4 Å². The number of nitrogen functional groups attached to an aromatic ring is 1. The molecule has 0 bridgehead atoms. The minimum atomic E-state index is -1.64. The number of aliphatic hydroxyl groups excluding tert-OH is 5. The van der Waals surface area contributed by atoms with Crippen molar-refractivity contribution < 1.29 is 25.5 Å². The predicted octanol–water partition coefficient (Wildman–Crippen LogP) is -1.21. The third-order valence-electron chi connectivity index (χ3n) is 3.21. The van der Waals surface area contributed by atoms with E-state index in [2.05, 4.69) is 0 Å². The van der Waals surface area contributed by atoms with Gasteiger partial charge in [0.25, 0.3) is 0 Å². The van der Waals surface area contributed by atoms with Gasteiger partial charge in [-0.15, -0.1) is 0 Å². The van der Waals surface area contributed by atoms with Crippen LogP contribution in [0.1, 0.15) is 0 Å². The Kier molecular flexibility index (Phi) is 6.66. The van der Waals surface area contributed by atoms with Gasteiger partial charge in [0, 0.05) is 19.3 Å². The molecule has 0 spiro atoms. The molecule has 0 aliphatic rings. The fraction of sp³-hybridized carbons (Fsp3) is 0.538. The number of likely N-dealkylation sites (N-methyl/N-ethyl adjacent to an activating group) is 1. The van der Waals surface area contributed by atoms with E-state index >= 15 is 0 Å². The lowest BCUT2D eigenvalue weighted by Gasteiger charge is -2.29. The molecular weight excluding hydrogens is 300 g/mol. The quantitative estimate of drug-likeness (QED) is 0.348. The Balaban J connectivity index is 2.68. The van der Waals surface area contributed by atoms with Gasteiger partial charge < -0.3 is 36.2 Å². The van der Waals surface area contributed by atoms with E-state index in [1.165, 1.54) is 0 Å². The molecule has 0 aromatic heterocycles. The monoisotopic (exact) mass is 320 g/mol. The molecule has 8 heteroatoms. The van der Waals surface area contributed by atoms with Crippen LogP contribution in [0.25, 0.3) is 0 Å². The molecular formula is C13H21ClN2O5. The summed E-state index contributed by atoms with van der Waals surface area (Å²) in [5.74, 6) is 0. The summed E-state index contributed by atoms with van der Waals surface area (Å²) in [5.41, 5.74) is 6.69. The van der Waals surface area contributed by atoms with Gasteiger partial charge in [-0.3, -0.25) is 0 Å². The highest BCUT2D eigenvalue weighted by Gasteiger charge is 2.30. The van der Waals surface area contributed by atoms with Gasteiger partial charge in [-0.2, -0.15) is 0 Å². The highest BCUT2D eigenvalue weighted by molar-refractivity contribution is 6.33. The topological polar surface area (TPSA) is 130 Å². The Morgan fingerprint density at radius 2 is 1.71 bits per heavy atom. The summed E-state index contributed by atoms with van der Waals surface area (Å²) in [6, 6.07) is 4.91. The van der Waals surface area contributed by atoms with E-state index in [4.69, 9.17) is 22.4 Å². The third-order valence-corrected chi connectivity index (χ3v) is 3.54. The van der Waals surface area contributed by atoms with Crippen LogP contribution in [0.3, 0.4) is 0 Å². The van der Waals surface area contributed by atoms with E-state index in [9.17, 15) is 20.4 Å². The molecule has 0 fully saturated rings. The van der Waals surface area contributed by atoms with Gasteiger partial charge in [0.05, 0.1) is 23.4 Å². The number of nitrogens with two attached hydrogens (primary N) is 1. The Hall–Kier alpha value is -1.09. The zero-order valence-corrected chi connectivity index (χ0v) is 12.4. The first-order valence-corrected chi connectivity index (χ1v) is 6.75. The van der Waals surface area contributed by atoms with Gasteiger partial charge in [-0.1, -0.05) is 11.6 Å².